The first-order valence-corrected chi connectivity index (χ1v) is 5.77. The standard InChI is InChI=1S/C13H18N2O/c1-15-8-7-14-12(10-13(15)16)9-11-5-3-2-4-6-11/h2-6,12,14H,7-10H2,1H3. The topological polar surface area (TPSA) is 32.3 Å². The van der Waals surface area contributed by atoms with Crippen LogP contribution in [-0.4, -0.2) is 37.0 Å². The Kier molecular flexibility index (Phi) is 3.57. The number of benzene rings is 1. The first-order valence-electron chi connectivity index (χ1n) is 5.77. The molecule has 0 spiro atoms. The largest absolute Gasteiger partial charge is 0.344 e. The first-order chi connectivity index (χ1) is 7.75. The summed E-state index contributed by atoms with van der Waals surface area (Å²) in [5.41, 5.74) is 1.29. The maximum absolute atomic E-state index is 11.7. The Morgan fingerprint density at radius 3 is 2.88 bits per heavy atom. The molecule has 0 bridgehead atoms. The predicted octanol–water partition coefficient (Wildman–Crippen LogP) is 1.05. The number of hydrogen-bond acceptors (Lipinski definition) is 2. The molecule has 1 fully saturated rings. The summed E-state index contributed by atoms with van der Waals surface area (Å²) >= 11 is 0. The van der Waals surface area contributed by atoms with Crippen LogP contribution in [0, 0.1) is 0 Å². The summed E-state index contributed by atoms with van der Waals surface area (Å²) in [5, 5.41) is 3.43. The van der Waals surface area contributed by atoms with Crippen molar-refractivity contribution in [1.29, 1.82) is 0 Å². The predicted molar refractivity (Wildman–Crippen MR) is 64.2 cm³/mol. The van der Waals surface area contributed by atoms with Crippen LogP contribution in [0.1, 0.15) is 12.0 Å². The Hall–Kier alpha value is -1.35. The van der Waals surface area contributed by atoms with Crippen molar-refractivity contribution in [2.24, 2.45) is 0 Å². The molecule has 3 nitrogen and oxygen atoms in total. The lowest BCUT2D eigenvalue weighted by Crippen LogP contribution is -2.31. The highest BCUT2D eigenvalue weighted by molar-refractivity contribution is 5.76. The molecule has 1 heterocycles. The van der Waals surface area contributed by atoms with Gasteiger partial charge >= 0.3 is 0 Å². The van der Waals surface area contributed by atoms with Crippen molar-refractivity contribution in [2.75, 3.05) is 20.1 Å². The maximum Gasteiger partial charge on any atom is 0.223 e. The Balaban J connectivity index is 1.97. The summed E-state index contributed by atoms with van der Waals surface area (Å²) < 4.78 is 0. The van der Waals surface area contributed by atoms with Gasteiger partial charge in [0.1, 0.15) is 0 Å². The van der Waals surface area contributed by atoms with Gasteiger partial charge in [0.2, 0.25) is 5.91 Å². The minimum atomic E-state index is 0.242. The maximum atomic E-state index is 11.7. The van der Waals surface area contributed by atoms with Crippen LogP contribution in [0.2, 0.25) is 0 Å². The number of rotatable bonds is 2. The Labute approximate surface area is 96.5 Å². The minimum Gasteiger partial charge on any atom is -0.344 e. The quantitative estimate of drug-likeness (QED) is 0.804. The van der Waals surface area contributed by atoms with Gasteiger partial charge in [-0.05, 0) is 12.0 Å². The van der Waals surface area contributed by atoms with Gasteiger partial charge in [0, 0.05) is 32.6 Å². The lowest BCUT2D eigenvalue weighted by Gasteiger charge is -2.15. The van der Waals surface area contributed by atoms with Crippen LogP contribution >= 0.6 is 0 Å². The molecule has 1 aromatic rings. The Bertz CT molecular complexity index is 350. The van der Waals surface area contributed by atoms with Crippen molar-refractivity contribution >= 4 is 5.91 Å². The van der Waals surface area contributed by atoms with E-state index in [9.17, 15) is 4.79 Å². The number of nitrogens with zero attached hydrogens (tertiary/aromatic N) is 1. The Morgan fingerprint density at radius 1 is 1.38 bits per heavy atom. The van der Waals surface area contributed by atoms with Crippen LogP contribution in [0.3, 0.4) is 0 Å². The number of likely N-dealkylation sites (N-methyl/N-ethyl adjacent to an activating group) is 1. The molecule has 1 aliphatic heterocycles. The molecule has 86 valence electrons. The van der Waals surface area contributed by atoms with Gasteiger partial charge in [0.15, 0.2) is 0 Å². The van der Waals surface area contributed by atoms with E-state index >= 15 is 0 Å². The first kappa shape index (κ1) is 11.1. The van der Waals surface area contributed by atoms with Gasteiger partial charge in [-0.15, -0.1) is 0 Å². The normalized spacial score (nSPS) is 21.9. The van der Waals surface area contributed by atoms with E-state index in [2.05, 4.69) is 17.4 Å². The molecule has 1 aromatic carbocycles. The van der Waals surface area contributed by atoms with Crippen molar-refractivity contribution in [3.8, 4) is 0 Å². The highest BCUT2D eigenvalue weighted by atomic mass is 16.2. The summed E-state index contributed by atoms with van der Waals surface area (Å²) in [4.78, 5) is 13.5. The monoisotopic (exact) mass is 218 g/mol. The van der Waals surface area contributed by atoms with E-state index in [0.717, 1.165) is 19.5 Å². The third-order valence-corrected chi connectivity index (χ3v) is 3.05. The lowest BCUT2D eigenvalue weighted by molar-refractivity contribution is -0.129. The zero-order chi connectivity index (χ0) is 11.4. The fourth-order valence-electron chi connectivity index (χ4n) is 2.04. The van der Waals surface area contributed by atoms with Crippen molar-refractivity contribution in [3.05, 3.63) is 35.9 Å². The molecule has 1 saturated heterocycles. The van der Waals surface area contributed by atoms with Crippen molar-refractivity contribution in [2.45, 2.75) is 18.9 Å². The molecule has 16 heavy (non-hydrogen) atoms. The smallest absolute Gasteiger partial charge is 0.223 e. The van der Waals surface area contributed by atoms with E-state index < -0.39 is 0 Å². The second-order valence-electron chi connectivity index (χ2n) is 4.36. The molecule has 1 aliphatic rings. The second kappa shape index (κ2) is 5.12. The van der Waals surface area contributed by atoms with Crippen LogP contribution in [-0.2, 0) is 11.2 Å². The summed E-state index contributed by atoms with van der Waals surface area (Å²) in [7, 11) is 1.87. The van der Waals surface area contributed by atoms with Crippen molar-refractivity contribution in [3.63, 3.8) is 0 Å². The van der Waals surface area contributed by atoms with Gasteiger partial charge in [0.05, 0.1) is 0 Å². The van der Waals surface area contributed by atoms with Gasteiger partial charge < -0.3 is 10.2 Å². The number of amides is 1. The van der Waals surface area contributed by atoms with E-state index in [0.29, 0.717) is 6.42 Å². The molecule has 3 heteroatoms. The number of carbonyl (C=O) groups excluding carboxylic acids is 1. The molecule has 1 atom stereocenters. The molecule has 0 aliphatic carbocycles. The molecule has 1 amide bonds. The van der Waals surface area contributed by atoms with Gasteiger partial charge in [-0.2, -0.15) is 0 Å². The summed E-state index contributed by atoms with van der Waals surface area (Å²) in [6.07, 6.45) is 1.53. The molecular weight excluding hydrogens is 200 g/mol. The number of carbonyl (C=O) groups is 1. The molecule has 2 rings (SSSR count). The van der Waals surface area contributed by atoms with E-state index in [1.807, 2.05) is 25.2 Å². The third kappa shape index (κ3) is 2.83. The number of hydrogen-bond donors (Lipinski definition) is 1. The fraction of sp³-hybridized carbons (Fsp3) is 0.462. The lowest BCUT2D eigenvalue weighted by atomic mass is 10.0. The van der Waals surface area contributed by atoms with Crippen LogP contribution in [0.5, 0.6) is 0 Å². The summed E-state index contributed by atoms with van der Waals surface area (Å²) in [5.74, 6) is 0.242. The van der Waals surface area contributed by atoms with E-state index in [1.54, 1.807) is 4.90 Å². The van der Waals surface area contributed by atoms with E-state index in [-0.39, 0.29) is 11.9 Å². The van der Waals surface area contributed by atoms with Gasteiger partial charge in [-0.25, -0.2) is 0 Å². The molecule has 1 N–H and O–H groups in total. The van der Waals surface area contributed by atoms with Crippen LogP contribution in [0.4, 0.5) is 0 Å². The average Bonchev–Trinajstić information content (AvgIpc) is 2.43. The van der Waals surface area contributed by atoms with Crippen LogP contribution < -0.4 is 5.32 Å². The van der Waals surface area contributed by atoms with Crippen molar-refractivity contribution < 1.29 is 4.79 Å². The fourth-order valence-corrected chi connectivity index (χ4v) is 2.04. The van der Waals surface area contributed by atoms with E-state index in [4.69, 9.17) is 0 Å². The second-order valence-corrected chi connectivity index (χ2v) is 4.36. The molecule has 0 saturated carbocycles. The highest BCUT2D eigenvalue weighted by Gasteiger charge is 2.20. The van der Waals surface area contributed by atoms with E-state index in [1.165, 1.54) is 5.56 Å². The molecule has 1 unspecified atom stereocenters. The third-order valence-electron chi connectivity index (χ3n) is 3.05. The molecular formula is C13H18N2O. The number of nitrogens with one attached hydrogen (secondary N) is 1. The Morgan fingerprint density at radius 2 is 2.12 bits per heavy atom. The van der Waals surface area contributed by atoms with Gasteiger partial charge in [-0.1, -0.05) is 30.3 Å². The van der Waals surface area contributed by atoms with Crippen molar-refractivity contribution in [1.82, 2.24) is 10.2 Å². The minimum absolute atomic E-state index is 0.242. The summed E-state index contributed by atoms with van der Waals surface area (Å²) in [6.45, 7) is 1.70. The molecule has 0 radical (unpaired) electrons. The molecule has 0 aromatic heterocycles. The zero-order valence-electron chi connectivity index (χ0n) is 9.65. The van der Waals surface area contributed by atoms with Gasteiger partial charge in [0.25, 0.3) is 0 Å². The SMILES string of the molecule is CN1CCNC(Cc2ccccc2)CC1=O. The average molecular weight is 218 g/mol. The van der Waals surface area contributed by atoms with Crippen LogP contribution in [0.15, 0.2) is 30.3 Å². The highest BCUT2D eigenvalue weighted by Crippen LogP contribution is 2.09. The zero-order valence-corrected chi connectivity index (χ0v) is 9.65. The van der Waals surface area contributed by atoms with Crippen LogP contribution in [0.25, 0.3) is 0 Å². The van der Waals surface area contributed by atoms with Gasteiger partial charge in [-0.3, -0.25) is 4.79 Å². The summed E-state index contributed by atoms with van der Waals surface area (Å²) in [6, 6.07) is 10.6.